The highest BCUT2D eigenvalue weighted by molar-refractivity contribution is 5.20. The average Bonchev–Trinajstić information content (AvgIpc) is 2.17. The van der Waals surface area contributed by atoms with Gasteiger partial charge in [-0.3, -0.25) is 0 Å². The Labute approximate surface area is 60.1 Å². The van der Waals surface area contributed by atoms with Crippen molar-refractivity contribution in [3.05, 3.63) is 30.2 Å². The van der Waals surface area contributed by atoms with Crippen molar-refractivity contribution in [1.82, 2.24) is 0 Å². The second-order valence-corrected chi connectivity index (χ2v) is 1.06. The van der Waals surface area contributed by atoms with Crippen LogP contribution in [0.1, 0.15) is 11.0 Å². The zero-order chi connectivity index (χ0) is 12.7. The SMILES string of the molecule is [2H]c1c([2H])c([2H])c(OC([2H])([2H])[2H])c([2H])c1[2H]. The zero-order valence-corrected chi connectivity index (χ0v) is 3.91. The maximum atomic E-state index is 7.37. The summed E-state index contributed by atoms with van der Waals surface area (Å²) in [5, 5.41) is 0. The molecule has 0 aromatic heterocycles. The summed E-state index contributed by atoms with van der Waals surface area (Å²) in [5.41, 5.74) is 0. The fourth-order valence-electron chi connectivity index (χ4n) is 0.290. The minimum absolute atomic E-state index is 0.590. The number of methoxy groups -OCH3 is 1. The van der Waals surface area contributed by atoms with Crippen LogP contribution in [0.2, 0.25) is 0 Å². The van der Waals surface area contributed by atoms with Gasteiger partial charge in [-0.2, -0.15) is 0 Å². The molecule has 0 aliphatic heterocycles. The maximum absolute atomic E-state index is 7.37. The Bertz CT molecular complexity index is 394. The molecule has 1 aromatic rings. The molecular formula is C7H8O. The fourth-order valence-corrected chi connectivity index (χ4v) is 0.290. The molecule has 0 spiro atoms. The minimum atomic E-state index is -2.85. The first-order chi connectivity index (χ1) is 7.15. The predicted octanol–water partition coefficient (Wildman–Crippen LogP) is 1.70. The summed E-state index contributed by atoms with van der Waals surface area (Å²) < 4.78 is 61.4. The molecule has 0 bridgehead atoms. The molecule has 0 amide bonds. The lowest BCUT2D eigenvalue weighted by Gasteiger charge is -1.93. The largest absolute Gasteiger partial charge is 0.497 e. The van der Waals surface area contributed by atoms with Crippen molar-refractivity contribution in [2.45, 2.75) is 0 Å². The molecule has 0 unspecified atom stereocenters. The number of hydrogen-bond acceptors (Lipinski definition) is 1. The molecule has 1 rings (SSSR count). The summed E-state index contributed by atoms with van der Waals surface area (Å²) in [6.45, 7) is 0. The molecule has 42 valence electrons. The minimum Gasteiger partial charge on any atom is -0.497 e. The summed E-state index contributed by atoms with van der Waals surface area (Å²) in [5.74, 6) is -0.661. The summed E-state index contributed by atoms with van der Waals surface area (Å²) >= 11 is 0. The van der Waals surface area contributed by atoms with Crippen LogP contribution in [0.3, 0.4) is 0 Å². The van der Waals surface area contributed by atoms with E-state index in [2.05, 4.69) is 4.74 Å². The molecule has 1 nitrogen and oxygen atoms in total. The van der Waals surface area contributed by atoms with Gasteiger partial charge in [-0.15, -0.1) is 0 Å². The van der Waals surface area contributed by atoms with Crippen molar-refractivity contribution in [3.8, 4) is 5.75 Å². The zero-order valence-electron chi connectivity index (χ0n) is 11.9. The van der Waals surface area contributed by atoms with Crippen molar-refractivity contribution in [1.29, 1.82) is 0 Å². The summed E-state index contributed by atoms with van der Waals surface area (Å²) in [6.07, 6.45) is 0. The number of para-hydroxylation sites is 1. The first-order valence-corrected chi connectivity index (χ1v) is 1.91. The molecule has 0 saturated carbocycles. The van der Waals surface area contributed by atoms with Gasteiger partial charge in [0, 0.05) is 0 Å². The van der Waals surface area contributed by atoms with Crippen LogP contribution in [0.15, 0.2) is 30.2 Å². The van der Waals surface area contributed by atoms with E-state index in [0.29, 0.717) is 0 Å². The standard InChI is InChI=1S/C7H8O/c1-8-7-5-3-2-4-6-7/h2-6H,1H3/i1D3,2D,3D,4D,5D,6D. The summed E-state index contributed by atoms with van der Waals surface area (Å²) in [4.78, 5) is 0. The van der Waals surface area contributed by atoms with Crippen LogP contribution in [0.4, 0.5) is 0 Å². The van der Waals surface area contributed by atoms with Crippen molar-refractivity contribution in [3.63, 3.8) is 0 Å². The number of hydrogen-bond donors (Lipinski definition) is 0. The lowest BCUT2D eigenvalue weighted by atomic mass is 10.3. The molecule has 0 N–H and O–H groups in total. The van der Waals surface area contributed by atoms with E-state index in [1.807, 2.05) is 0 Å². The van der Waals surface area contributed by atoms with Crippen LogP contribution in [0.5, 0.6) is 5.75 Å². The van der Waals surface area contributed by atoms with Gasteiger partial charge in [-0.1, -0.05) is 18.1 Å². The van der Waals surface area contributed by atoms with Crippen molar-refractivity contribution in [2.24, 2.45) is 0 Å². The monoisotopic (exact) mass is 116 g/mol. The van der Waals surface area contributed by atoms with Gasteiger partial charge in [0.1, 0.15) is 5.75 Å². The van der Waals surface area contributed by atoms with Gasteiger partial charge < -0.3 is 4.74 Å². The Balaban J connectivity index is 3.40. The third kappa shape index (κ3) is 0.997. The first kappa shape index (κ1) is 1.13. The van der Waals surface area contributed by atoms with Gasteiger partial charge in [-0.25, -0.2) is 0 Å². The normalized spacial score (nSPS) is 24.5. The molecular weight excluding hydrogens is 100 g/mol. The second kappa shape index (κ2) is 2.36. The van der Waals surface area contributed by atoms with Crippen molar-refractivity contribution >= 4 is 0 Å². The Morgan fingerprint density at radius 2 is 2.25 bits per heavy atom. The number of ether oxygens (including phenoxy) is 1. The highest BCUT2D eigenvalue weighted by Gasteiger charge is 1.80. The second-order valence-electron chi connectivity index (χ2n) is 1.06. The number of benzene rings is 1. The Morgan fingerprint density at radius 1 is 1.50 bits per heavy atom. The van der Waals surface area contributed by atoms with E-state index in [4.69, 9.17) is 11.0 Å². The molecule has 0 heterocycles. The van der Waals surface area contributed by atoms with Gasteiger partial charge in [-0.05, 0) is 12.1 Å². The highest BCUT2D eigenvalue weighted by atomic mass is 16.5. The van der Waals surface area contributed by atoms with Gasteiger partial charge in [0.2, 0.25) is 0 Å². The lowest BCUT2D eigenvalue weighted by molar-refractivity contribution is 0.415. The predicted molar refractivity (Wildman–Crippen MR) is 33.0 cm³/mol. The van der Waals surface area contributed by atoms with Gasteiger partial charge in [0.05, 0.1) is 18.0 Å². The van der Waals surface area contributed by atoms with Crippen molar-refractivity contribution < 1.29 is 15.7 Å². The third-order valence-corrected chi connectivity index (χ3v) is 0.579. The molecule has 0 atom stereocenters. The summed E-state index contributed by atoms with van der Waals surface area (Å²) in [7, 11) is -2.85. The topological polar surface area (TPSA) is 9.23 Å². The Morgan fingerprint density at radius 3 is 2.88 bits per heavy atom. The van der Waals surface area contributed by atoms with E-state index in [0.717, 1.165) is 0 Å². The van der Waals surface area contributed by atoms with E-state index in [1.54, 1.807) is 0 Å². The van der Waals surface area contributed by atoms with Gasteiger partial charge in [0.15, 0.2) is 0 Å². The Kier molecular flexibility index (Phi) is 0.332. The van der Waals surface area contributed by atoms with E-state index in [1.165, 1.54) is 0 Å². The average molecular weight is 116 g/mol. The van der Waals surface area contributed by atoms with E-state index in [9.17, 15) is 0 Å². The van der Waals surface area contributed by atoms with Crippen LogP contribution in [0.25, 0.3) is 0 Å². The van der Waals surface area contributed by atoms with Crippen LogP contribution in [0, 0.1) is 0 Å². The van der Waals surface area contributed by atoms with E-state index < -0.39 is 43.0 Å². The first-order valence-electron chi connectivity index (χ1n) is 5.91. The van der Waals surface area contributed by atoms with E-state index >= 15 is 0 Å². The molecule has 1 heteroatoms. The number of rotatable bonds is 1. The lowest BCUT2D eigenvalue weighted by Crippen LogP contribution is -1.78. The van der Waals surface area contributed by atoms with Crippen LogP contribution >= 0.6 is 0 Å². The van der Waals surface area contributed by atoms with Crippen LogP contribution < -0.4 is 4.74 Å². The molecule has 0 radical (unpaired) electrons. The quantitative estimate of drug-likeness (QED) is 0.542. The third-order valence-electron chi connectivity index (χ3n) is 0.579. The van der Waals surface area contributed by atoms with Crippen LogP contribution in [-0.2, 0) is 0 Å². The molecule has 0 fully saturated rings. The van der Waals surface area contributed by atoms with Gasteiger partial charge in [0.25, 0.3) is 0 Å². The molecule has 0 aliphatic rings. The highest BCUT2D eigenvalue weighted by Crippen LogP contribution is 2.05. The van der Waals surface area contributed by atoms with E-state index in [-0.39, 0.29) is 0 Å². The molecule has 0 aliphatic carbocycles. The van der Waals surface area contributed by atoms with Crippen LogP contribution in [-0.4, -0.2) is 7.04 Å². The summed E-state index contributed by atoms with van der Waals surface area (Å²) in [6, 6.07) is -3.17. The van der Waals surface area contributed by atoms with Crippen molar-refractivity contribution in [2.75, 3.05) is 7.04 Å². The smallest absolute Gasteiger partial charge is 0.118 e. The molecule has 8 heavy (non-hydrogen) atoms. The molecule has 0 saturated heterocycles. The Hall–Kier alpha value is -0.980. The fraction of sp³-hybridized carbons (Fsp3) is 0.143. The molecule has 1 aromatic carbocycles. The maximum Gasteiger partial charge on any atom is 0.118 e. The van der Waals surface area contributed by atoms with Gasteiger partial charge >= 0.3 is 0 Å².